The molecule has 0 radical (unpaired) electrons. The number of aromatic amines is 1. The minimum atomic E-state index is 0.105. The molecule has 2 aromatic rings. The van der Waals surface area contributed by atoms with E-state index >= 15 is 0 Å². The standard InChI is InChI=1S/C15H19N3OS/c1-4-11-5-7-12(8-6-11)13(19)9-20-15-16-14(10(2)3)17-18-15/h5-8,10H,4,9H2,1-3H3,(H,16,17,18). The van der Waals surface area contributed by atoms with Crippen molar-refractivity contribution in [3.05, 3.63) is 41.2 Å². The first-order chi connectivity index (χ1) is 9.60. The number of nitrogens with zero attached hydrogens (tertiary/aromatic N) is 2. The van der Waals surface area contributed by atoms with Crippen LogP contribution in [0.3, 0.4) is 0 Å². The SMILES string of the molecule is CCc1ccc(C(=O)CSc2n[nH]c(C(C)C)n2)cc1. The maximum absolute atomic E-state index is 12.1. The summed E-state index contributed by atoms with van der Waals surface area (Å²) >= 11 is 1.37. The van der Waals surface area contributed by atoms with Gasteiger partial charge in [-0.05, 0) is 12.0 Å². The fourth-order valence-corrected chi connectivity index (χ4v) is 2.42. The monoisotopic (exact) mass is 289 g/mol. The number of hydrogen-bond acceptors (Lipinski definition) is 4. The van der Waals surface area contributed by atoms with Crippen molar-refractivity contribution < 1.29 is 4.79 Å². The number of rotatable bonds is 6. The molecule has 4 nitrogen and oxygen atoms in total. The molecule has 0 atom stereocenters. The summed E-state index contributed by atoms with van der Waals surface area (Å²) in [7, 11) is 0. The Morgan fingerprint density at radius 2 is 2.00 bits per heavy atom. The lowest BCUT2D eigenvalue weighted by Gasteiger charge is -2.01. The quantitative estimate of drug-likeness (QED) is 0.653. The topological polar surface area (TPSA) is 58.6 Å². The van der Waals surface area contributed by atoms with E-state index in [1.54, 1.807) is 0 Å². The van der Waals surface area contributed by atoms with Crippen LogP contribution in [-0.4, -0.2) is 26.7 Å². The summed E-state index contributed by atoms with van der Waals surface area (Å²) in [4.78, 5) is 16.4. The van der Waals surface area contributed by atoms with Crippen molar-refractivity contribution in [3.8, 4) is 0 Å². The molecule has 0 unspecified atom stereocenters. The highest BCUT2D eigenvalue weighted by Gasteiger charge is 2.11. The molecule has 106 valence electrons. The Kier molecular flexibility index (Phi) is 4.95. The molecule has 20 heavy (non-hydrogen) atoms. The van der Waals surface area contributed by atoms with Crippen molar-refractivity contribution in [2.75, 3.05) is 5.75 Å². The molecule has 1 heterocycles. The van der Waals surface area contributed by atoms with Gasteiger partial charge in [-0.2, -0.15) is 0 Å². The zero-order valence-corrected chi connectivity index (χ0v) is 12.8. The third kappa shape index (κ3) is 3.70. The van der Waals surface area contributed by atoms with Crippen molar-refractivity contribution in [2.45, 2.75) is 38.3 Å². The zero-order chi connectivity index (χ0) is 14.5. The van der Waals surface area contributed by atoms with Gasteiger partial charge < -0.3 is 0 Å². The fourth-order valence-electron chi connectivity index (χ4n) is 1.72. The Bertz CT molecular complexity index is 575. The van der Waals surface area contributed by atoms with Gasteiger partial charge in [-0.1, -0.05) is 56.8 Å². The van der Waals surface area contributed by atoms with E-state index in [4.69, 9.17) is 0 Å². The molecular formula is C15H19N3OS. The van der Waals surface area contributed by atoms with Crippen LogP contribution in [0.25, 0.3) is 0 Å². The minimum absolute atomic E-state index is 0.105. The molecule has 0 saturated heterocycles. The van der Waals surface area contributed by atoms with E-state index in [-0.39, 0.29) is 5.78 Å². The van der Waals surface area contributed by atoms with Gasteiger partial charge in [-0.3, -0.25) is 9.89 Å². The molecule has 0 amide bonds. The summed E-state index contributed by atoms with van der Waals surface area (Å²) in [5.74, 6) is 1.64. The third-order valence-electron chi connectivity index (χ3n) is 3.05. The van der Waals surface area contributed by atoms with Crippen LogP contribution in [0.15, 0.2) is 29.4 Å². The van der Waals surface area contributed by atoms with Gasteiger partial charge in [0.2, 0.25) is 5.16 Å². The van der Waals surface area contributed by atoms with Crippen molar-refractivity contribution in [1.82, 2.24) is 15.2 Å². The largest absolute Gasteiger partial charge is 0.293 e. The highest BCUT2D eigenvalue weighted by molar-refractivity contribution is 7.99. The summed E-state index contributed by atoms with van der Waals surface area (Å²) < 4.78 is 0. The zero-order valence-electron chi connectivity index (χ0n) is 12.0. The lowest BCUT2D eigenvalue weighted by molar-refractivity contribution is 0.102. The van der Waals surface area contributed by atoms with Gasteiger partial charge in [0.05, 0.1) is 5.75 Å². The first kappa shape index (κ1) is 14.8. The molecule has 2 rings (SSSR count). The van der Waals surface area contributed by atoms with E-state index in [0.29, 0.717) is 16.8 Å². The van der Waals surface area contributed by atoms with Crippen molar-refractivity contribution in [2.24, 2.45) is 0 Å². The lowest BCUT2D eigenvalue weighted by Crippen LogP contribution is -2.02. The number of benzene rings is 1. The molecule has 0 aliphatic heterocycles. The van der Waals surface area contributed by atoms with Gasteiger partial charge in [0.25, 0.3) is 0 Å². The van der Waals surface area contributed by atoms with Crippen LogP contribution in [0.2, 0.25) is 0 Å². The minimum Gasteiger partial charge on any atom is -0.293 e. The summed E-state index contributed by atoms with van der Waals surface area (Å²) in [6, 6.07) is 7.78. The van der Waals surface area contributed by atoms with Crippen molar-refractivity contribution in [1.29, 1.82) is 0 Å². The number of Topliss-reactive ketones (excluding diaryl/α,β-unsaturated/α-hetero) is 1. The molecule has 0 saturated carbocycles. The van der Waals surface area contributed by atoms with E-state index in [1.807, 2.05) is 24.3 Å². The predicted octanol–water partition coefficient (Wildman–Crippen LogP) is 3.47. The van der Waals surface area contributed by atoms with Gasteiger partial charge in [-0.15, -0.1) is 5.10 Å². The Morgan fingerprint density at radius 1 is 1.30 bits per heavy atom. The van der Waals surface area contributed by atoms with E-state index < -0.39 is 0 Å². The number of hydrogen-bond donors (Lipinski definition) is 1. The first-order valence-electron chi connectivity index (χ1n) is 6.77. The van der Waals surface area contributed by atoms with Crippen molar-refractivity contribution >= 4 is 17.5 Å². The van der Waals surface area contributed by atoms with E-state index in [2.05, 4.69) is 36.0 Å². The van der Waals surface area contributed by atoms with Crippen LogP contribution in [0.5, 0.6) is 0 Å². The van der Waals surface area contributed by atoms with E-state index in [0.717, 1.165) is 17.8 Å². The summed E-state index contributed by atoms with van der Waals surface area (Å²) in [5, 5.41) is 7.63. The van der Waals surface area contributed by atoms with Crippen LogP contribution in [0.4, 0.5) is 0 Å². The Labute approximate surface area is 123 Å². The molecule has 0 aliphatic rings. The third-order valence-corrected chi connectivity index (χ3v) is 3.89. The molecule has 1 N–H and O–H groups in total. The van der Waals surface area contributed by atoms with Crippen LogP contribution < -0.4 is 0 Å². The Balaban J connectivity index is 1.93. The van der Waals surface area contributed by atoms with Gasteiger partial charge in [0, 0.05) is 11.5 Å². The molecule has 0 spiro atoms. The summed E-state index contributed by atoms with van der Waals surface area (Å²) in [6.45, 7) is 6.20. The first-order valence-corrected chi connectivity index (χ1v) is 7.76. The Morgan fingerprint density at radius 3 is 2.55 bits per heavy atom. The number of ketones is 1. The second-order valence-electron chi connectivity index (χ2n) is 4.92. The fraction of sp³-hybridized carbons (Fsp3) is 0.400. The van der Waals surface area contributed by atoms with Crippen LogP contribution >= 0.6 is 11.8 Å². The number of thioether (sulfide) groups is 1. The molecule has 0 bridgehead atoms. The number of aryl methyl sites for hydroxylation is 1. The predicted molar refractivity (Wildman–Crippen MR) is 81.3 cm³/mol. The Hall–Kier alpha value is -1.62. The van der Waals surface area contributed by atoms with Gasteiger partial charge >= 0.3 is 0 Å². The number of carbonyl (C=O) groups is 1. The average molecular weight is 289 g/mol. The van der Waals surface area contributed by atoms with Crippen molar-refractivity contribution in [3.63, 3.8) is 0 Å². The molecule has 0 fully saturated rings. The molecule has 1 aromatic carbocycles. The van der Waals surface area contributed by atoms with Gasteiger partial charge in [0.1, 0.15) is 5.82 Å². The summed E-state index contributed by atoms with van der Waals surface area (Å²) in [6.07, 6.45) is 0.985. The number of nitrogens with one attached hydrogen (secondary N) is 1. The van der Waals surface area contributed by atoms with Crippen LogP contribution in [0, 0.1) is 0 Å². The maximum Gasteiger partial charge on any atom is 0.208 e. The van der Waals surface area contributed by atoms with E-state index in [9.17, 15) is 4.79 Å². The maximum atomic E-state index is 12.1. The molecule has 5 heteroatoms. The second kappa shape index (κ2) is 6.70. The smallest absolute Gasteiger partial charge is 0.208 e. The number of aromatic nitrogens is 3. The molecule has 1 aromatic heterocycles. The van der Waals surface area contributed by atoms with Crippen LogP contribution in [0.1, 0.15) is 48.4 Å². The highest BCUT2D eigenvalue weighted by atomic mass is 32.2. The van der Waals surface area contributed by atoms with Gasteiger partial charge in [-0.25, -0.2) is 4.98 Å². The van der Waals surface area contributed by atoms with Crippen LogP contribution in [-0.2, 0) is 6.42 Å². The second-order valence-corrected chi connectivity index (χ2v) is 5.86. The molecular weight excluding hydrogens is 270 g/mol. The molecule has 0 aliphatic carbocycles. The normalized spacial score (nSPS) is 11.0. The average Bonchev–Trinajstić information content (AvgIpc) is 2.94. The van der Waals surface area contributed by atoms with Gasteiger partial charge in [0.15, 0.2) is 5.78 Å². The highest BCUT2D eigenvalue weighted by Crippen LogP contribution is 2.17. The number of H-pyrrole nitrogens is 1. The lowest BCUT2D eigenvalue weighted by atomic mass is 10.1. The number of carbonyl (C=O) groups excluding carboxylic acids is 1. The summed E-state index contributed by atoms with van der Waals surface area (Å²) in [5.41, 5.74) is 1.99. The van der Waals surface area contributed by atoms with E-state index in [1.165, 1.54) is 17.3 Å².